The summed E-state index contributed by atoms with van der Waals surface area (Å²) in [6.07, 6.45) is 0. The third-order valence-electron chi connectivity index (χ3n) is 3.21. The average molecular weight is 291 g/mol. The Kier molecular flexibility index (Phi) is 3.21. The van der Waals surface area contributed by atoms with Crippen LogP contribution < -0.4 is 0 Å². The molecule has 0 aliphatic carbocycles. The van der Waals surface area contributed by atoms with Crippen LogP contribution in [0.5, 0.6) is 0 Å². The Balaban J connectivity index is 2.34. The molecule has 0 spiro atoms. The zero-order valence-electron chi connectivity index (χ0n) is 10.4. The minimum Gasteiger partial charge on any atom is -0.315 e. The quantitative estimate of drug-likeness (QED) is 0.647. The fraction of sp³-hybridized carbons (Fsp3) is 0.133. The van der Waals surface area contributed by atoms with E-state index >= 15 is 0 Å². The van der Waals surface area contributed by atoms with Crippen molar-refractivity contribution in [1.82, 2.24) is 9.55 Å². The molecule has 96 valence electrons. The largest absolute Gasteiger partial charge is 0.315 e. The lowest BCUT2D eigenvalue weighted by Gasteiger charge is -2.06. The summed E-state index contributed by atoms with van der Waals surface area (Å²) in [7, 11) is 0. The van der Waals surface area contributed by atoms with E-state index in [0.717, 1.165) is 33.7 Å². The number of hydrogen-bond acceptors (Lipinski definition) is 1. The highest BCUT2D eigenvalue weighted by Crippen LogP contribution is 2.34. The van der Waals surface area contributed by atoms with Crippen molar-refractivity contribution in [3.8, 4) is 11.1 Å². The van der Waals surface area contributed by atoms with Crippen LogP contribution in [0.4, 0.5) is 0 Å². The molecule has 0 radical (unpaired) electrons. The molecular formula is C15H12Cl2N2. The highest BCUT2D eigenvalue weighted by molar-refractivity contribution is 6.33. The molecule has 0 fully saturated rings. The molecule has 0 N–H and O–H groups in total. The van der Waals surface area contributed by atoms with Crippen LogP contribution in [0.2, 0.25) is 10.3 Å². The Morgan fingerprint density at radius 3 is 2.47 bits per heavy atom. The first-order valence-electron chi connectivity index (χ1n) is 6.12. The highest BCUT2D eigenvalue weighted by atomic mass is 35.5. The van der Waals surface area contributed by atoms with E-state index in [0.29, 0.717) is 5.28 Å². The van der Waals surface area contributed by atoms with E-state index in [1.807, 2.05) is 47.0 Å². The van der Waals surface area contributed by atoms with Gasteiger partial charge in [0.05, 0.1) is 11.0 Å². The van der Waals surface area contributed by atoms with Gasteiger partial charge in [-0.15, -0.1) is 0 Å². The first-order chi connectivity index (χ1) is 9.22. The minimum absolute atomic E-state index is 0.511. The second-order valence-corrected chi connectivity index (χ2v) is 5.02. The van der Waals surface area contributed by atoms with Crippen molar-refractivity contribution in [2.45, 2.75) is 13.5 Å². The van der Waals surface area contributed by atoms with E-state index in [1.54, 1.807) is 0 Å². The van der Waals surface area contributed by atoms with Gasteiger partial charge in [0.1, 0.15) is 0 Å². The summed E-state index contributed by atoms with van der Waals surface area (Å²) in [4.78, 5) is 4.47. The van der Waals surface area contributed by atoms with Gasteiger partial charge in [-0.3, -0.25) is 0 Å². The number of halogens is 2. The van der Waals surface area contributed by atoms with E-state index in [9.17, 15) is 0 Å². The highest BCUT2D eigenvalue weighted by Gasteiger charge is 2.13. The van der Waals surface area contributed by atoms with E-state index < -0.39 is 0 Å². The fourth-order valence-electron chi connectivity index (χ4n) is 2.32. The number of aromatic nitrogens is 2. The van der Waals surface area contributed by atoms with Crippen molar-refractivity contribution < 1.29 is 0 Å². The molecule has 0 aliphatic rings. The third-order valence-corrected chi connectivity index (χ3v) is 3.83. The normalized spacial score (nSPS) is 11.1. The summed E-state index contributed by atoms with van der Waals surface area (Å²) in [5, 5.41) is 1.23. The number of nitrogens with zero attached hydrogens (tertiary/aromatic N) is 2. The van der Waals surface area contributed by atoms with Crippen LogP contribution in [0, 0.1) is 0 Å². The van der Waals surface area contributed by atoms with Crippen molar-refractivity contribution >= 4 is 34.2 Å². The molecule has 2 nitrogen and oxygen atoms in total. The minimum atomic E-state index is 0.511. The van der Waals surface area contributed by atoms with Gasteiger partial charge in [-0.25, -0.2) is 4.98 Å². The van der Waals surface area contributed by atoms with Gasteiger partial charge < -0.3 is 4.57 Å². The second kappa shape index (κ2) is 4.87. The smallest absolute Gasteiger partial charge is 0.203 e. The van der Waals surface area contributed by atoms with Gasteiger partial charge in [-0.2, -0.15) is 0 Å². The Bertz CT molecular complexity index is 747. The van der Waals surface area contributed by atoms with Crippen molar-refractivity contribution in [1.29, 1.82) is 0 Å². The number of hydrogen-bond donors (Lipinski definition) is 0. The first kappa shape index (κ1) is 12.5. The van der Waals surface area contributed by atoms with Crippen LogP contribution in [0.15, 0.2) is 42.5 Å². The van der Waals surface area contributed by atoms with Gasteiger partial charge in [-0.1, -0.05) is 41.9 Å². The Morgan fingerprint density at radius 2 is 1.74 bits per heavy atom. The van der Waals surface area contributed by atoms with Crippen LogP contribution >= 0.6 is 23.2 Å². The molecule has 0 amide bonds. The van der Waals surface area contributed by atoms with Crippen molar-refractivity contribution in [2.75, 3.05) is 0 Å². The molecule has 0 unspecified atom stereocenters. The summed E-state index contributed by atoms with van der Waals surface area (Å²) in [6.45, 7) is 2.84. The lowest BCUT2D eigenvalue weighted by Crippen LogP contribution is -1.93. The molecular weight excluding hydrogens is 279 g/mol. The first-order valence-corrected chi connectivity index (χ1v) is 6.87. The summed E-state index contributed by atoms with van der Waals surface area (Å²) < 4.78 is 1.98. The fourth-order valence-corrected chi connectivity index (χ4v) is 2.85. The number of aryl methyl sites for hydroxylation is 1. The van der Waals surface area contributed by atoms with Crippen LogP contribution in [-0.4, -0.2) is 9.55 Å². The van der Waals surface area contributed by atoms with E-state index in [1.165, 1.54) is 0 Å². The van der Waals surface area contributed by atoms with Gasteiger partial charge in [0.2, 0.25) is 5.28 Å². The van der Waals surface area contributed by atoms with E-state index in [-0.39, 0.29) is 0 Å². The second-order valence-electron chi connectivity index (χ2n) is 4.28. The molecule has 3 rings (SSSR count). The standard InChI is InChI=1S/C15H12Cl2N2/c1-2-19-13-9-5-7-11(14(13)18-15(19)17)10-6-3-4-8-12(10)16/h3-9H,2H2,1H3. The molecule has 2 aromatic carbocycles. The van der Waals surface area contributed by atoms with Crippen LogP contribution in [0.1, 0.15) is 6.92 Å². The number of benzene rings is 2. The predicted molar refractivity (Wildman–Crippen MR) is 80.9 cm³/mol. The number of fused-ring (bicyclic) bond motifs is 1. The van der Waals surface area contributed by atoms with Gasteiger partial charge >= 0.3 is 0 Å². The Labute approximate surface area is 121 Å². The lowest BCUT2D eigenvalue weighted by atomic mass is 10.0. The number of imidazole rings is 1. The van der Waals surface area contributed by atoms with Crippen LogP contribution in [0.25, 0.3) is 22.2 Å². The van der Waals surface area contributed by atoms with E-state index in [4.69, 9.17) is 23.2 Å². The molecule has 0 bridgehead atoms. The maximum Gasteiger partial charge on any atom is 0.203 e. The van der Waals surface area contributed by atoms with Crippen molar-refractivity contribution in [3.63, 3.8) is 0 Å². The third kappa shape index (κ3) is 2.01. The molecule has 4 heteroatoms. The molecule has 0 saturated carbocycles. The maximum absolute atomic E-state index is 6.27. The summed E-state index contributed by atoms with van der Waals surface area (Å²) in [6, 6.07) is 13.8. The summed E-state index contributed by atoms with van der Waals surface area (Å²) in [5.41, 5.74) is 3.91. The Hall–Kier alpha value is -1.51. The molecule has 0 atom stereocenters. The zero-order valence-corrected chi connectivity index (χ0v) is 11.9. The lowest BCUT2D eigenvalue weighted by molar-refractivity contribution is 0.788. The average Bonchev–Trinajstić information content (AvgIpc) is 2.74. The van der Waals surface area contributed by atoms with Crippen LogP contribution in [0.3, 0.4) is 0 Å². The topological polar surface area (TPSA) is 17.8 Å². The Morgan fingerprint density at radius 1 is 1.00 bits per heavy atom. The monoisotopic (exact) mass is 290 g/mol. The number of rotatable bonds is 2. The SMILES string of the molecule is CCn1c(Cl)nc2c(-c3ccccc3Cl)cccc21. The summed E-state index contributed by atoms with van der Waals surface area (Å²) in [5.74, 6) is 0. The van der Waals surface area contributed by atoms with Gasteiger partial charge in [0, 0.05) is 22.7 Å². The van der Waals surface area contributed by atoms with Gasteiger partial charge in [0.25, 0.3) is 0 Å². The molecule has 3 aromatic rings. The van der Waals surface area contributed by atoms with Crippen molar-refractivity contribution in [3.05, 3.63) is 52.8 Å². The van der Waals surface area contributed by atoms with Gasteiger partial charge in [-0.05, 0) is 30.7 Å². The molecule has 1 heterocycles. The van der Waals surface area contributed by atoms with Gasteiger partial charge in [0.15, 0.2) is 0 Å². The molecule has 0 saturated heterocycles. The van der Waals surface area contributed by atoms with E-state index in [2.05, 4.69) is 11.9 Å². The van der Waals surface area contributed by atoms with Crippen LogP contribution in [-0.2, 0) is 6.54 Å². The molecule has 1 aromatic heterocycles. The zero-order chi connectivity index (χ0) is 13.4. The predicted octanol–water partition coefficient (Wildman–Crippen LogP) is 5.03. The number of para-hydroxylation sites is 1. The molecule has 0 aliphatic heterocycles. The summed E-state index contributed by atoms with van der Waals surface area (Å²) >= 11 is 12.5. The maximum atomic E-state index is 6.27. The van der Waals surface area contributed by atoms with Crippen molar-refractivity contribution in [2.24, 2.45) is 0 Å². The molecule has 19 heavy (non-hydrogen) atoms.